The molecule has 0 atom stereocenters. The zero-order valence-corrected chi connectivity index (χ0v) is 18.5. The van der Waals surface area contributed by atoms with Gasteiger partial charge in [0.15, 0.2) is 5.82 Å². The van der Waals surface area contributed by atoms with Gasteiger partial charge in [-0.25, -0.2) is 9.97 Å². The molecule has 162 valence electrons. The highest BCUT2D eigenvalue weighted by atomic mass is 16.2. The topological polar surface area (TPSA) is 106 Å². The van der Waals surface area contributed by atoms with Crippen molar-refractivity contribution in [1.82, 2.24) is 24.7 Å². The third-order valence-electron chi connectivity index (χ3n) is 5.76. The maximum Gasteiger partial charge on any atom is 0.260 e. The van der Waals surface area contributed by atoms with Crippen LogP contribution in [0.1, 0.15) is 48.2 Å². The molecule has 1 aliphatic heterocycles. The molecule has 0 unspecified atom stereocenters. The van der Waals surface area contributed by atoms with Crippen LogP contribution in [0.3, 0.4) is 0 Å². The van der Waals surface area contributed by atoms with Gasteiger partial charge in [-0.1, -0.05) is 6.07 Å². The molecule has 0 aliphatic carbocycles. The molecule has 4 heterocycles. The first kappa shape index (κ1) is 20.9. The fraction of sp³-hybridized carbons (Fsp3) is 0.409. The standard InChI is InChI=1S/C22H28N8O/c1-5-28(6-2)20-11-15-16(18(12-23)25-20)13-30(22(15)31)19-10-8-9-17(24-19)21-27-26-14(4)29(21)7-3/h8-11H,5-7,12-13,23H2,1-4H3. The summed E-state index contributed by atoms with van der Waals surface area (Å²) in [4.78, 5) is 26.6. The number of nitrogens with zero attached hydrogens (tertiary/aromatic N) is 7. The Labute approximate surface area is 181 Å². The average Bonchev–Trinajstić information content (AvgIpc) is 3.34. The number of carbonyl (C=O) groups excluding carboxylic acids is 1. The molecule has 0 aromatic carbocycles. The summed E-state index contributed by atoms with van der Waals surface area (Å²) in [6.07, 6.45) is 0. The van der Waals surface area contributed by atoms with E-state index >= 15 is 0 Å². The van der Waals surface area contributed by atoms with Crippen LogP contribution in [0.2, 0.25) is 0 Å². The Morgan fingerprint density at radius 2 is 1.90 bits per heavy atom. The molecule has 0 saturated carbocycles. The van der Waals surface area contributed by atoms with E-state index in [9.17, 15) is 4.79 Å². The van der Waals surface area contributed by atoms with Gasteiger partial charge in [0.1, 0.15) is 23.2 Å². The number of hydrogen-bond donors (Lipinski definition) is 1. The van der Waals surface area contributed by atoms with Crippen LogP contribution in [-0.4, -0.2) is 43.7 Å². The second kappa shape index (κ2) is 8.43. The summed E-state index contributed by atoms with van der Waals surface area (Å²) < 4.78 is 2.00. The number of amides is 1. The van der Waals surface area contributed by atoms with Crippen molar-refractivity contribution in [3.63, 3.8) is 0 Å². The molecule has 3 aromatic heterocycles. The predicted octanol–water partition coefficient (Wildman–Crippen LogP) is 2.53. The zero-order chi connectivity index (χ0) is 22.1. The summed E-state index contributed by atoms with van der Waals surface area (Å²) in [5.41, 5.74) is 8.96. The summed E-state index contributed by atoms with van der Waals surface area (Å²) in [5, 5.41) is 8.44. The first-order chi connectivity index (χ1) is 15.0. The highest BCUT2D eigenvalue weighted by Crippen LogP contribution is 2.32. The highest BCUT2D eigenvalue weighted by molar-refractivity contribution is 6.10. The third-order valence-corrected chi connectivity index (χ3v) is 5.76. The van der Waals surface area contributed by atoms with Crippen molar-refractivity contribution < 1.29 is 4.79 Å². The molecular formula is C22H28N8O. The number of fused-ring (bicyclic) bond motifs is 1. The lowest BCUT2D eigenvalue weighted by Crippen LogP contribution is -2.25. The van der Waals surface area contributed by atoms with E-state index in [2.05, 4.69) is 28.9 Å². The van der Waals surface area contributed by atoms with E-state index in [1.165, 1.54) is 0 Å². The van der Waals surface area contributed by atoms with Crippen LogP contribution in [0.5, 0.6) is 0 Å². The minimum absolute atomic E-state index is 0.0849. The molecule has 0 fully saturated rings. The van der Waals surface area contributed by atoms with Crippen molar-refractivity contribution in [1.29, 1.82) is 0 Å². The average molecular weight is 421 g/mol. The van der Waals surface area contributed by atoms with Crippen LogP contribution in [0.25, 0.3) is 11.5 Å². The van der Waals surface area contributed by atoms with E-state index in [1.807, 2.05) is 42.7 Å². The molecule has 1 aliphatic rings. The number of aromatic nitrogens is 5. The van der Waals surface area contributed by atoms with Gasteiger partial charge in [-0.3, -0.25) is 9.69 Å². The van der Waals surface area contributed by atoms with Crippen LogP contribution in [-0.2, 0) is 19.6 Å². The molecular weight excluding hydrogens is 392 g/mol. The van der Waals surface area contributed by atoms with Gasteiger partial charge in [0.25, 0.3) is 5.91 Å². The Balaban J connectivity index is 1.73. The second-order valence-electron chi connectivity index (χ2n) is 7.42. The van der Waals surface area contributed by atoms with Crippen molar-refractivity contribution in [2.24, 2.45) is 5.73 Å². The van der Waals surface area contributed by atoms with Gasteiger partial charge < -0.3 is 15.2 Å². The summed E-state index contributed by atoms with van der Waals surface area (Å²) in [6.45, 7) is 11.2. The van der Waals surface area contributed by atoms with Crippen molar-refractivity contribution >= 4 is 17.5 Å². The SMILES string of the molecule is CCN(CC)c1cc2c(c(CN)n1)CN(c1cccc(-c3nnc(C)n3CC)n1)C2=O. The largest absolute Gasteiger partial charge is 0.357 e. The molecule has 3 aromatic rings. The monoisotopic (exact) mass is 420 g/mol. The summed E-state index contributed by atoms with van der Waals surface area (Å²) in [5.74, 6) is 2.80. The predicted molar refractivity (Wildman–Crippen MR) is 120 cm³/mol. The molecule has 2 N–H and O–H groups in total. The molecule has 0 radical (unpaired) electrons. The van der Waals surface area contributed by atoms with Gasteiger partial charge in [-0.15, -0.1) is 10.2 Å². The first-order valence-corrected chi connectivity index (χ1v) is 10.7. The van der Waals surface area contributed by atoms with Crippen LogP contribution >= 0.6 is 0 Å². The number of carbonyl (C=O) groups is 1. The lowest BCUT2D eigenvalue weighted by atomic mass is 10.1. The van der Waals surface area contributed by atoms with Crippen LogP contribution < -0.4 is 15.5 Å². The van der Waals surface area contributed by atoms with Gasteiger partial charge in [0, 0.05) is 31.7 Å². The van der Waals surface area contributed by atoms with E-state index < -0.39 is 0 Å². The van der Waals surface area contributed by atoms with Gasteiger partial charge in [-0.05, 0) is 45.9 Å². The second-order valence-corrected chi connectivity index (χ2v) is 7.42. The minimum atomic E-state index is -0.0849. The minimum Gasteiger partial charge on any atom is -0.357 e. The molecule has 0 bridgehead atoms. The number of hydrogen-bond acceptors (Lipinski definition) is 7. The highest BCUT2D eigenvalue weighted by Gasteiger charge is 2.33. The molecule has 4 rings (SSSR count). The fourth-order valence-corrected chi connectivity index (χ4v) is 4.06. The maximum atomic E-state index is 13.4. The lowest BCUT2D eigenvalue weighted by molar-refractivity contribution is 0.0996. The summed E-state index contributed by atoms with van der Waals surface area (Å²) in [7, 11) is 0. The molecule has 31 heavy (non-hydrogen) atoms. The quantitative estimate of drug-likeness (QED) is 0.626. The first-order valence-electron chi connectivity index (χ1n) is 10.7. The molecule has 9 heteroatoms. The Bertz CT molecular complexity index is 1120. The lowest BCUT2D eigenvalue weighted by Gasteiger charge is -2.21. The van der Waals surface area contributed by atoms with Gasteiger partial charge >= 0.3 is 0 Å². The zero-order valence-electron chi connectivity index (χ0n) is 18.5. The molecule has 9 nitrogen and oxygen atoms in total. The Morgan fingerprint density at radius 1 is 1.13 bits per heavy atom. The molecule has 1 amide bonds. The number of rotatable bonds is 7. The fourth-order valence-electron chi connectivity index (χ4n) is 4.06. The Hall–Kier alpha value is -3.33. The summed E-state index contributed by atoms with van der Waals surface area (Å²) >= 11 is 0. The van der Waals surface area contributed by atoms with Crippen LogP contribution in [0.4, 0.5) is 11.6 Å². The smallest absolute Gasteiger partial charge is 0.260 e. The van der Waals surface area contributed by atoms with Gasteiger partial charge in [0.2, 0.25) is 0 Å². The van der Waals surface area contributed by atoms with Crippen molar-refractivity contribution in [3.8, 4) is 11.5 Å². The Kier molecular flexibility index (Phi) is 5.69. The van der Waals surface area contributed by atoms with E-state index in [-0.39, 0.29) is 12.5 Å². The van der Waals surface area contributed by atoms with Crippen LogP contribution in [0, 0.1) is 6.92 Å². The van der Waals surface area contributed by atoms with Crippen molar-refractivity contribution in [3.05, 3.63) is 46.9 Å². The summed E-state index contributed by atoms with van der Waals surface area (Å²) in [6, 6.07) is 7.50. The van der Waals surface area contributed by atoms with E-state index in [0.29, 0.717) is 29.4 Å². The molecule has 0 saturated heterocycles. The van der Waals surface area contributed by atoms with Crippen LogP contribution in [0.15, 0.2) is 24.3 Å². The number of nitrogens with two attached hydrogens (primary N) is 1. The van der Waals surface area contributed by atoms with E-state index in [0.717, 1.165) is 42.5 Å². The van der Waals surface area contributed by atoms with E-state index in [4.69, 9.17) is 15.7 Å². The number of aryl methyl sites for hydroxylation is 1. The van der Waals surface area contributed by atoms with Gasteiger partial charge in [0.05, 0.1) is 17.8 Å². The van der Waals surface area contributed by atoms with Gasteiger partial charge in [-0.2, -0.15) is 0 Å². The third kappa shape index (κ3) is 3.54. The maximum absolute atomic E-state index is 13.4. The number of anilines is 2. The number of pyridine rings is 2. The van der Waals surface area contributed by atoms with Crippen molar-refractivity contribution in [2.45, 2.75) is 47.3 Å². The van der Waals surface area contributed by atoms with E-state index in [1.54, 1.807) is 4.90 Å². The molecule has 0 spiro atoms. The van der Waals surface area contributed by atoms with Crippen molar-refractivity contribution in [2.75, 3.05) is 22.9 Å². The Morgan fingerprint density at radius 3 is 2.58 bits per heavy atom. The normalized spacial score (nSPS) is 13.1.